The predicted molar refractivity (Wildman–Crippen MR) is 277 cm³/mol. The van der Waals surface area contributed by atoms with Crippen molar-refractivity contribution >= 4 is 23.9 Å². The van der Waals surface area contributed by atoms with Gasteiger partial charge >= 0.3 is 17.9 Å². The van der Waals surface area contributed by atoms with Crippen molar-refractivity contribution in [3.63, 3.8) is 0 Å². The van der Waals surface area contributed by atoms with E-state index >= 15 is 0 Å². The average molecular weight is 1060 g/mol. The van der Waals surface area contributed by atoms with E-state index in [4.69, 9.17) is 19.6 Å². The summed E-state index contributed by atoms with van der Waals surface area (Å²) < 4.78 is 17.4. The average Bonchev–Trinajstić information content (AvgIpc) is 3.32. The number of allylic oxidation sites excluding steroid dienone is 2. The molecule has 2 heterocycles. The Balaban J connectivity index is 2.40. The molecule has 20 unspecified atom stereocenters. The number of fused-ring (bicyclic) bond motifs is 2. The monoisotopic (exact) mass is 1060 g/mol. The lowest BCUT2D eigenvalue weighted by Gasteiger charge is -2.45. The molecule has 0 aromatic carbocycles. The molecule has 1 fully saturated rings. The SMILES string of the molecule is CNC(=N)NCCC/C=C/CCCC(C)CC(C)C1OC(=O)/C=C/C(C)C(O)CC(O)C(C)C(O)CCC(C)C(O)CC2(O)OC(CC(OC(=O)CC(=O)O)CC(O)CC(O)C(C)C(O)/C=C/C1C)CC(O)C2O. The van der Waals surface area contributed by atoms with E-state index < -0.39 is 139 Å². The van der Waals surface area contributed by atoms with Gasteiger partial charge in [0, 0.05) is 75.4 Å². The minimum absolute atomic E-state index is 0.0903. The van der Waals surface area contributed by atoms with Gasteiger partial charge in [-0.3, -0.25) is 15.0 Å². The molecule has 428 valence electrons. The standard InChI is InChI=1S/C54H95N3O17/c1-31(15-13-11-9-10-12-14-22-57-53(55)56-8)23-35(5)51-34(4)17-20-42(60)36(6)44(62)25-38(58)24-39(72-50(69)29-48(66)67)26-40-27-46(64)52(70)54(71,74-40)30-47(65)33(3)16-19-41(59)37(7)45(63)28-43(61)32(2)18-21-49(68)73-51/h9-10,17-18,20-21,31-47,51-52,58-65,70-71H,11-16,19,22-30H2,1-8H3,(H,66,67)(H3,55,56,57)/b10-9+,20-17+,21-18+. The van der Waals surface area contributed by atoms with E-state index in [0.717, 1.165) is 32.1 Å². The van der Waals surface area contributed by atoms with E-state index in [1.54, 1.807) is 40.8 Å². The van der Waals surface area contributed by atoms with Gasteiger partial charge in [-0.25, -0.2) is 4.79 Å². The largest absolute Gasteiger partial charge is 0.481 e. The van der Waals surface area contributed by atoms with Gasteiger partial charge in [-0.2, -0.15) is 0 Å². The lowest BCUT2D eigenvalue weighted by Crippen LogP contribution is -2.60. The lowest BCUT2D eigenvalue weighted by atomic mass is 9.83. The number of aliphatic hydroxyl groups is 10. The fraction of sp³-hybridized carbons (Fsp3) is 0.815. The first-order valence-corrected chi connectivity index (χ1v) is 26.8. The van der Waals surface area contributed by atoms with E-state index in [-0.39, 0.29) is 62.7 Å². The highest BCUT2D eigenvalue weighted by atomic mass is 16.7. The van der Waals surface area contributed by atoms with Crippen LogP contribution in [0.5, 0.6) is 0 Å². The number of guanidine groups is 1. The molecule has 14 N–H and O–H groups in total. The highest BCUT2D eigenvalue weighted by molar-refractivity contribution is 5.90. The maximum Gasteiger partial charge on any atom is 0.330 e. The number of carboxylic acid groups (broad SMARTS) is 1. The molecular weight excluding hydrogens is 963 g/mol. The summed E-state index contributed by atoms with van der Waals surface area (Å²) in [5.41, 5.74) is 0. The Morgan fingerprint density at radius 3 is 2.09 bits per heavy atom. The molecule has 1 saturated heterocycles. The number of cyclic esters (lactones) is 1. The van der Waals surface area contributed by atoms with Crippen LogP contribution in [0.4, 0.5) is 0 Å². The number of aliphatic hydroxyl groups excluding tert-OH is 9. The maximum absolute atomic E-state index is 13.5. The molecule has 0 aromatic rings. The predicted octanol–water partition coefficient (Wildman–Crippen LogP) is 2.96. The molecule has 2 aliphatic heterocycles. The van der Waals surface area contributed by atoms with Crippen LogP contribution in [-0.2, 0) is 28.6 Å². The van der Waals surface area contributed by atoms with E-state index in [2.05, 4.69) is 29.7 Å². The molecule has 74 heavy (non-hydrogen) atoms. The second-order valence-electron chi connectivity index (χ2n) is 21.7. The zero-order chi connectivity index (χ0) is 55.9. The number of carboxylic acids is 1. The van der Waals surface area contributed by atoms with Crippen LogP contribution in [0, 0.1) is 46.8 Å². The van der Waals surface area contributed by atoms with Gasteiger partial charge in [-0.1, -0.05) is 85.3 Å². The van der Waals surface area contributed by atoms with E-state index in [9.17, 15) is 70.6 Å². The number of esters is 2. The second kappa shape index (κ2) is 33.6. The van der Waals surface area contributed by atoms with Crippen LogP contribution >= 0.6 is 0 Å². The number of hydrogen-bond acceptors (Lipinski definition) is 17. The van der Waals surface area contributed by atoms with Crippen LogP contribution in [0.15, 0.2) is 36.5 Å². The van der Waals surface area contributed by atoms with Crippen LogP contribution in [0.25, 0.3) is 0 Å². The smallest absolute Gasteiger partial charge is 0.330 e. The van der Waals surface area contributed by atoms with Crippen molar-refractivity contribution in [3.05, 3.63) is 36.5 Å². The lowest BCUT2D eigenvalue weighted by molar-refractivity contribution is -0.333. The Labute approximate surface area is 438 Å². The summed E-state index contributed by atoms with van der Waals surface area (Å²) in [7, 11) is 1.69. The van der Waals surface area contributed by atoms with Crippen LogP contribution in [0.2, 0.25) is 0 Å². The van der Waals surface area contributed by atoms with Crippen molar-refractivity contribution in [3.8, 4) is 0 Å². The van der Waals surface area contributed by atoms with Gasteiger partial charge < -0.3 is 81.0 Å². The Hall–Kier alpha value is -3.54. The third kappa shape index (κ3) is 24.2. The van der Waals surface area contributed by atoms with Crippen LogP contribution in [0.3, 0.4) is 0 Å². The molecule has 0 aromatic heterocycles. The zero-order valence-corrected chi connectivity index (χ0v) is 45.1. The molecule has 20 nitrogen and oxygen atoms in total. The van der Waals surface area contributed by atoms with E-state index in [1.165, 1.54) is 18.2 Å². The molecule has 0 spiro atoms. The Kier molecular flexibility index (Phi) is 30.2. The summed E-state index contributed by atoms with van der Waals surface area (Å²) >= 11 is 0. The fourth-order valence-electron chi connectivity index (χ4n) is 9.77. The van der Waals surface area contributed by atoms with Crippen molar-refractivity contribution < 1.29 is 84.8 Å². The first-order valence-electron chi connectivity index (χ1n) is 26.8. The first kappa shape index (κ1) is 66.6. The highest BCUT2D eigenvalue weighted by Crippen LogP contribution is 2.36. The number of carbonyl (C=O) groups is 3. The minimum Gasteiger partial charge on any atom is -0.481 e. The summed E-state index contributed by atoms with van der Waals surface area (Å²) in [6.45, 7) is 13.2. The molecule has 20 atom stereocenters. The van der Waals surface area contributed by atoms with E-state index in [1.807, 2.05) is 13.8 Å². The normalized spacial score (nSPS) is 37.9. The summed E-state index contributed by atoms with van der Waals surface area (Å²) in [5, 5.41) is 134. The summed E-state index contributed by atoms with van der Waals surface area (Å²) in [5.74, 6) is -8.67. The number of hydrogen-bond donors (Lipinski definition) is 14. The highest BCUT2D eigenvalue weighted by Gasteiger charge is 2.50. The third-order valence-electron chi connectivity index (χ3n) is 15.0. The van der Waals surface area contributed by atoms with Crippen molar-refractivity contribution in [2.45, 2.75) is 224 Å². The third-order valence-corrected chi connectivity index (χ3v) is 15.0. The zero-order valence-electron chi connectivity index (χ0n) is 45.1. The summed E-state index contributed by atoms with van der Waals surface area (Å²) in [6, 6.07) is 0. The van der Waals surface area contributed by atoms with Gasteiger partial charge in [-0.05, 0) is 69.1 Å². The quantitative estimate of drug-likeness (QED) is 0.0297. The fourth-order valence-corrected chi connectivity index (χ4v) is 9.77. The van der Waals surface area contributed by atoms with Gasteiger partial charge in [-0.15, -0.1) is 0 Å². The van der Waals surface area contributed by atoms with Gasteiger partial charge in [0.15, 0.2) is 11.7 Å². The van der Waals surface area contributed by atoms with E-state index in [0.29, 0.717) is 13.0 Å². The second-order valence-corrected chi connectivity index (χ2v) is 21.7. The summed E-state index contributed by atoms with van der Waals surface area (Å²) in [6.07, 6.45) is -2.48. The molecule has 0 saturated carbocycles. The molecule has 20 heteroatoms. The molecule has 2 aliphatic rings. The Bertz CT molecular complexity index is 1750. The maximum atomic E-state index is 13.5. The number of nitrogens with one attached hydrogen (secondary N) is 3. The molecular formula is C54H95N3O17. The van der Waals surface area contributed by atoms with Gasteiger partial charge in [0.05, 0.1) is 54.9 Å². The van der Waals surface area contributed by atoms with Gasteiger partial charge in [0.1, 0.15) is 24.7 Å². The molecule has 0 amide bonds. The number of carbonyl (C=O) groups excluding carboxylic acids is 2. The van der Waals surface area contributed by atoms with Crippen molar-refractivity contribution in [1.82, 2.24) is 10.6 Å². The topological polar surface area (TPSA) is 349 Å². The molecule has 0 aliphatic carbocycles. The van der Waals surface area contributed by atoms with Gasteiger partial charge in [0.25, 0.3) is 0 Å². The van der Waals surface area contributed by atoms with Crippen molar-refractivity contribution in [1.29, 1.82) is 5.41 Å². The molecule has 0 radical (unpaired) electrons. The summed E-state index contributed by atoms with van der Waals surface area (Å²) in [4.78, 5) is 37.5. The van der Waals surface area contributed by atoms with Gasteiger partial charge in [0.2, 0.25) is 0 Å². The van der Waals surface area contributed by atoms with Crippen molar-refractivity contribution in [2.24, 2.45) is 41.4 Å². The first-order chi connectivity index (χ1) is 34.7. The number of aliphatic carboxylic acids is 1. The molecule has 2 rings (SSSR count). The van der Waals surface area contributed by atoms with Crippen LogP contribution < -0.4 is 10.6 Å². The van der Waals surface area contributed by atoms with Crippen molar-refractivity contribution in [2.75, 3.05) is 13.6 Å². The number of ether oxygens (including phenoxy) is 3. The Morgan fingerprint density at radius 2 is 1.45 bits per heavy atom. The minimum atomic E-state index is -2.52. The number of unbranched alkanes of at least 4 members (excludes halogenated alkanes) is 2. The van der Waals surface area contributed by atoms with Crippen LogP contribution in [0.1, 0.15) is 145 Å². The van der Waals surface area contributed by atoms with Crippen LogP contribution in [-0.4, -0.2) is 173 Å². The number of rotatable bonds is 14. The Morgan fingerprint density at radius 1 is 0.797 bits per heavy atom. The molecule has 2 bridgehead atoms.